The van der Waals surface area contributed by atoms with E-state index in [1.54, 1.807) is 0 Å². The smallest absolute Gasteiger partial charge is 0.159 e. The molecule has 1 fully saturated rings. The fourth-order valence-electron chi connectivity index (χ4n) is 1.03. The first kappa shape index (κ1) is 7.72. The van der Waals surface area contributed by atoms with E-state index in [9.17, 15) is 13.2 Å². The maximum absolute atomic E-state index is 11.0. The van der Waals surface area contributed by atoms with Crippen LogP contribution in [0.25, 0.3) is 0 Å². The van der Waals surface area contributed by atoms with E-state index in [0.29, 0.717) is 12.8 Å². The molecule has 3 nitrogen and oxygen atoms in total. The van der Waals surface area contributed by atoms with Crippen LogP contribution in [0.5, 0.6) is 0 Å². The maximum atomic E-state index is 11.0. The molecular formula is C6H10O3S. The lowest BCUT2D eigenvalue weighted by Gasteiger charge is -2.16. The Morgan fingerprint density at radius 2 is 2.10 bits per heavy atom. The van der Waals surface area contributed by atoms with Gasteiger partial charge in [0.15, 0.2) is 15.6 Å². The molecule has 1 saturated heterocycles. The average Bonchev–Trinajstić information content (AvgIpc) is 1.83. The molecule has 58 valence electrons. The van der Waals surface area contributed by atoms with Crippen LogP contribution in [-0.2, 0) is 14.6 Å². The van der Waals surface area contributed by atoms with Crippen molar-refractivity contribution in [1.82, 2.24) is 0 Å². The van der Waals surface area contributed by atoms with Gasteiger partial charge in [0.25, 0.3) is 0 Å². The van der Waals surface area contributed by atoms with Gasteiger partial charge in [-0.25, -0.2) is 8.42 Å². The second-order valence-electron chi connectivity index (χ2n) is 2.58. The van der Waals surface area contributed by atoms with E-state index >= 15 is 0 Å². The molecule has 1 heterocycles. The molecule has 1 aliphatic rings. The Morgan fingerprint density at radius 1 is 1.50 bits per heavy atom. The van der Waals surface area contributed by atoms with Crippen molar-refractivity contribution in [3.05, 3.63) is 0 Å². The fraction of sp³-hybridized carbons (Fsp3) is 0.833. The molecule has 10 heavy (non-hydrogen) atoms. The van der Waals surface area contributed by atoms with Crippen molar-refractivity contribution in [2.75, 3.05) is 5.75 Å². The Balaban J connectivity index is 2.91. The molecular weight excluding hydrogens is 152 g/mol. The molecule has 0 saturated carbocycles. The molecule has 1 unspecified atom stereocenters. The molecule has 1 aliphatic heterocycles. The van der Waals surface area contributed by atoms with E-state index in [4.69, 9.17) is 0 Å². The highest BCUT2D eigenvalue weighted by molar-refractivity contribution is 7.92. The lowest BCUT2D eigenvalue weighted by atomic mass is 10.2. The van der Waals surface area contributed by atoms with Gasteiger partial charge < -0.3 is 0 Å². The summed E-state index contributed by atoms with van der Waals surface area (Å²) >= 11 is 0. The highest BCUT2D eigenvalue weighted by atomic mass is 32.2. The van der Waals surface area contributed by atoms with Crippen molar-refractivity contribution in [1.29, 1.82) is 0 Å². The van der Waals surface area contributed by atoms with E-state index in [1.165, 1.54) is 6.92 Å². The van der Waals surface area contributed by atoms with Crippen LogP contribution in [0.3, 0.4) is 0 Å². The van der Waals surface area contributed by atoms with Gasteiger partial charge in [-0.3, -0.25) is 4.79 Å². The first-order chi connectivity index (χ1) is 4.54. The summed E-state index contributed by atoms with van der Waals surface area (Å²) in [6, 6.07) is 0. The number of Topliss-reactive ketones (excluding diaryl/α,β-unsaturated/α-hetero) is 1. The number of hydrogen-bond acceptors (Lipinski definition) is 3. The highest BCUT2D eigenvalue weighted by Crippen LogP contribution is 2.14. The Hall–Kier alpha value is -0.380. The summed E-state index contributed by atoms with van der Waals surface area (Å²) < 4.78 is 21.9. The Bertz CT molecular complexity index is 240. The van der Waals surface area contributed by atoms with E-state index in [1.807, 2.05) is 0 Å². The van der Waals surface area contributed by atoms with Crippen LogP contribution in [0.1, 0.15) is 19.8 Å². The van der Waals surface area contributed by atoms with Crippen LogP contribution >= 0.6 is 0 Å². The summed E-state index contributed by atoms with van der Waals surface area (Å²) in [5.74, 6) is 0.0474. The average molecular weight is 162 g/mol. The number of rotatable bonds is 0. The van der Waals surface area contributed by atoms with Gasteiger partial charge in [0, 0.05) is 6.42 Å². The molecule has 0 aromatic carbocycles. The molecule has 0 aliphatic carbocycles. The number of hydrogen-bond donors (Lipinski definition) is 0. The maximum Gasteiger partial charge on any atom is 0.159 e. The number of carbonyl (C=O) groups excluding carboxylic acids is 1. The summed E-state index contributed by atoms with van der Waals surface area (Å²) in [5, 5.41) is -0.749. The van der Waals surface area contributed by atoms with E-state index in [2.05, 4.69) is 0 Å². The Labute approximate surface area is 60.3 Å². The van der Waals surface area contributed by atoms with Gasteiger partial charge in [-0.05, 0) is 13.3 Å². The number of ketones is 1. The fourth-order valence-corrected chi connectivity index (χ4v) is 2.45. The third kappa shape index (κ3) is 1.21. The molecule has 0 aromatic rings. The minimum absolute atomic E-state index is 0.133. The summed E-state index contributed by atoms with van der Waals surface area (Å²) in [7, 11) is -3.06. The van der Waals surface area contributed by atoms with Crippen LogP contribution in [0.15, 0.2) is 0 Å². The summed E-state index contributed by atoms with van der Waals surface area (Å²) in [4.78, 5) is 10.8. The van der Waals surface area contributed by atoms with Crippen LogP contribution in [0.4, 0.5) is 0 Å². The number of sulfone groups is 1. The van der Waals surface area contributed by atoms with Gasteiger partial charge >= 0.3 is 0 Å². The topological polar surface area (TPSA) is 51.2 Å². The van der Waals surface area contributed by atoms with Crippen LogP contribution in [0, 0.1) is 0 Å². The summed E-state index contributed by atoms with van der Waals surface area (Å²) in [5.41, 5.74) is 0. The third-order valence-electron chi connectivity index (χ3n) is 1.84. The molecule has 0 bridgehead atoms. The third-order valence-corrected chi connectivity index (χ3v) is 4.04. The van der Waals surface area contributed by atoms with Crippen LogP contribution in [-0.4, -0.2) is 25.2 Å². The van der Waals surface area contributed by atoms with Gasteiger partial charge in [-0.15, -0.1) is 0 Å². The van der Waals surface area contributed by atoms with E-state index in [-0.39, 0.29) is 11.5 Å². The molecule has 1 atom stereocenters. The molecule has 0 aromatic heterocycles. The minimum atomic E-state index is -3.06. The lowest BCUT2D eigenvalue weighted by Crippen LogP contribution is -2.33. The molecule has 0 N–H and O–H groups in total. The van der Waals surface area contributed by atoms with Crippen molar-refractivity contribution in [3.8, 4) is 0 Å². The molecule has 0 amide bonds. The van der Waals surface area contributed by atoms with Gasteiger partial charge in [-0.2, -0.15) is 0 Å². The standard InChI is InChI=1S/C6H10O3S/c1-5-6(7)3-2-4-10(5,8)9/h5H,2-4H2,1H3. The SMILES string of the molecule is CC1C(=O)CCCS1(=O)=O. The second kappa shape index (κ2) is 2.34. The van der Waals surface area contributed by atoms with Gasteiger partial charge in [0.05, 0.1) is 5.75 Å². The van der Waals surface area contributed by atoms with Crippen LogP contribution in [0.2, 0.25) is 0 Å². The lowest BCUT2D eigenvalue weighted by molar-refractivity contribution is -0.118. The quantitative estimate of drug-likeness (QED) is 0.509. The minimum Gasteiger partial charge on any atom is -0.298 e. The second-order valence-corrected chi connectivity index (χ2v) is 5.02. The van der Waals surface area contributed by atoms with Gasteiger partial charge in [-0.1, -0.05) is 0 Å². The zero-order valence-electron chi connectivity index (χ0n) is 5.83. The Morgan fingerprint density at radius 3 is 2.50 bits per heavy atom. The monoisotopic (exact) mass is 162 g/mol. The van der Waals surface area contributed by atoms with Crippen molar-refractivity contribution in [3.63, 3.8) is 0 Å². The normalized spacial score (nSPS) is 32.1. The van der Waals surface area contributed by atoms with Crippen molar-refractivity contribution in [2.45, 2.75) is 25.0 Å². The predicted molar refractivity (Wildman–Crippen MR) is 37.5 cm³/mol. The van der Waals surface area contributed by atoms with Gasteiger partial charge in [0.1, 0.15) is 5.25 Å². The molecule has 0 radical (unpaired) electrons. The zero-order valence-corrected chi connectivity index (χ0v) is 6.65. The molecule has 4 heteroatoms. The van der Waals surface area contributed by atoms with E-state index < -0.39 is 15.1 Å². The first-order valence-electron chi connectivity index (χ1n) is 3.28. The summed E-state index contributed by atoms with van der Waals surface area (Å²) in [6.07, 6.45) is 0.936. The zero-order chi connectivity index (χ0) is 7.78. The van der Waals surface area contributed by atoms with Crippen LogP contribution < -0.4 is 0 Å². The van der Waals surface area contributed by atoms with Gasteiger partial charge in [0.2, 0.25) is 0 Å². The summed E-state index contributed by atoms with van der Waals surface area (Å²) in [6.45, 7) is 1.47. The van der Waals surface area contributed by atoms with Crippen molar-refractivity contribution < 1.29 is 13.2 Å². The Kier molecular flexibility index (Phi) is 1.81. The first-order valence-corrected chi connectivity index (χ1v) is 5.00. The van der Waals surface area contributed by atoms with Crippen molar-refractivity contribution >= 4 is 15.6 Å². The van der Waals surface area contributed by atoms with Crippen molar-refractivity contribution in [2.24, 2.45) is 0 Å². The molecule has 1 rings (SSSR count). The predicted octanol–water partition coefficient (Wildman–Crippen LogP) is 0.153. The molecule has 0 spiro atoms. The number of carbonyl (C=O) groups is 1. The largest absolute Gasteiger partial charge is 0.298 e. The highest BCUT2D eigenvalue weighted by Gasteiger charge is 2.31. The van der Waals surface area contributed by atoms with E-state index in [0.717, 1.165) is 0 Å².